The highest BCUT2D eigenvalue weighted by molar-refractivity contribution is 5.61. The number of nitrogens with zero attached hydrogens (tertiary/aromatic N) is 2. The summed E-state index contributed by atoms with van der Waals surface area (Å²) in [5.74, 6) is 0.956. The summed E-state index contributed by atoms with van der Waals surface area (Å²) in [6.07, 6.45) is 8.83. The van der Waals surface area contributed by atoms with Gasteiger partial charge in [-0.2, -0.15) is 0 Å². The van der Waals surface area contributed by atoms with Gasteiger partial charge in [0, 0.05) is 18.4 Å². The normalized spacial score (nSPS) is 19.9. The van der Waals surface area contributed by atoms with E-state index < -0.39 is 0 Å². The predicted molar refractivity (Wildman–Crippen MR) is 59.5 cm³/mol. The molecular formula is C12H15N3. The van der Waals surface area contributed by atoms with Crippen molar-refractivity contribution in [1.29, 1.82) is 0 Å². The molecule has 1 N–H and O–H groups in total. The molecule has 3 rings (SSSR count). The average Bonchev–Trinajstić information content (AvgIpc) is 2.77. The van der Waals surface area contributed by atoms with Crippen molar-refractivity contribution in [2.24, 2.45) is 0 Å². The highest BCUT2D eigenvalue weighted by atomic mass is 14.9. The Kier molecular flexibility index (Phi) is 2.25. The monoisotopic (exact) mass is 201 g/mol. The SMILES string of the molecule is C1=C(c2ncc3c(n2)CCC3)CCNC1. The van der Waals surface area contributed by atoms with Crippen molar-refractivity contribution >= 4 is 5.57 Å². The summed E-state index contributed by atoms with van der Waals surface area (Å²) in [4.78, 5) is 9.14. The molecular weight excluding hydrogens is 186 g/mol. The second kappa shape index (κ2) is 3.74. The lowest BCUT2D eigenvalue weighted by Crippen LogP contribution is -2.20. The van der Waals surface area contributed by atoms with E-state index in [-0.39, 0.29) is 0 Å². The molecule has 0 amide bonds. The maximum absolute atomic E-state index is 4.67. The smallest absolute Gasteiger partial charge is 0.155 e. The number of hydrogen-bond donors (Lipinski definition) is 1. The van der Waals surface area contributed by atoms with E-state index in [1.807, 2.05) is 6.20 Å². The quantitative estimate of drug-likeness (QED) is 0.745. The molecule has 0 saturated heterocycles. The summed E-state index contributed by atoms with van der Waals surface area (Å²) < 4.78 is 0. The standard InChI is InChI=1S/C12H15N3/c1-2-10-8-14-12(15-11(10)3-1)9-4-6-13-7-5-9/h4,8,13H,1-3,5-7H2. The molecule has 0 bridgehead atoms. The van der Waals surface area contributed by atoms with Crippen LogP contribution in [-0.4, -0.2) is 23.1 Å². The molecule has 1 aliphatic heterocycles. The number of rotatable bonds is 1. The molecule has 2 heterocycles. The van der Waals surface area contributed by atoms with Gasteiger partial charge < -0.3 is 5.32 Å². The molecule has 78 valence electrons. The number of aromatic nitrogens is 2. The van der Waals surface area contributed by atoms with E-state index in [0.29, 0.717) is 0 Å². The summed E-state index contributed by atoms with van der Waals surface area (Å²) in [5, 5.41) is 3.30. The van der Waals surface area contributed by atoms with E-state index >= 15 is 0 Å². The number of hydrogen-bond acceptors (Lipinski definition) is 3. The molecule has 0 unspecified atom stereocenters. The summed E-state index contributed by atoms with van der Waals surface area (Å²) >= 11 is 0. The molecule has 2 aliphatic rings. The fourth-order valence-electron chi connectivity index (χ4n) is 2.29. The van der Waals surface area contributed by atoms with Gasteiger partial charge in [-0.1, -0.05) is 6.08 Å². The van der Waals surface area contributed by atoms with Crippen LogP contribution in [0.15, 0.2) is 12.3 Å². The maximum atomic E-state index is 4.67. The van der Waals surface area contributed by atoms with Crippen molar-refractivity contribution in [1.82, 2.24) is 15.3 Å². The first kappa shape index (κ1) is 9.04. The minimum atomic E-state index is 0.954. The van der Waals surface area contributed by atoms with Gasteiger partial charge in [-0.25, -0.2) is 9.97 Å². The molecule has 0 saturated carbocycles. The van der Waals surface area contributed by atoms with Crippen molar-refractivity contribution in [3.05, 3.63) is 29.4 Å². The fourth-order valence-corrected chi connectivity index (χ4v) is 2.29. The van der Waals surface area contributed by atoms with Gasteiger partial charge in [0.15, 0.2) is 5.82 Å². The zero-order chi connectivity index (χ0) is 10.1. The summed E-state index contributed by atoms with van der Waals surface area (Å²) in [7, 11) is 0. The van der Waals surface area contributed by atoms with E-state index in [4.69, 9.17) is 0 Å². The lowest BCUT2D eigenvalue weighted by atomic mass is 10.1. The lowest BCUT2D eigenvalue weighted by molar-refractivity contribution is 0.733. The maximum Gasteiger partial charge on any atom is 0.155 e. The van der Waals surface area contributed by atoms with Gasteiger partial charge in [0.1, 0.15) is 0 Å². The third-order valence-electron chi connectivity index (χ3n) is 3.17. The first-order valence-electron chi connectivity index (χ1n) is 5.68. The zero-order valence-corrected chi connectivity index (χ0v) is 8.79. The Morgan fingerprint density at radius 1 is 1.20 bits per heavy atom. The number of aryl methyl sites for hydroxylation is 2. The van der Waals surface area contributed by atoms with E-state index in [0.717, 1.165) is 38.2 Å². The van der Waals surface area contributed by atoms with Crippen LogP contribution in [0.5, 0.6) is 0 Å². The fraction of sp³-hybridized carbons (Fsp3) is 0.500. The van der Waals surface area contributed by atoms with Crippen LogP contribution in [0.2, 0.25) is 0 Å². The second-order valence-corrected chi connectivity index (χ2v) is 4.20. The van der Waals surface area contributed by atoms with Crippen LogP contribution < -0.4 is 5.32 Å². The van der Waals surface area contributed by atoms with Crippen LogP contribution in [0.1, 0.15) is 29.9 Å². The lowest BCUT2D eigenvalue weighted by Gasteiger charge is -2.13. The first-order chi connectivity index (χ1) is 7.43. The van der Waals surface area contributed by atoms with E-state index in [1.165, 1.54) is 23.3 Å². The Morgan fingerprint density at radius 3 is 3.07 bits per heavy atom. The van der Waals surface area contributed by atoms with Crippen molar-refractivity contribution < 1.29 is 0 Å². The Hall–Kier alpha value is -1.22. The van der Waals surface area contributed by atoms with Gasteiger partial charge in [0.25, 0.3) is 0 Å². The molecule has 15 heavy (non-hydrogen) atoms. The highest BCUT2D eigenvalue weighted by Crippen LogP contribution is 2.22. The minimum absolute atomic E-state index is 0.954. The Morgan fingerprint density at radius 2 is 2.20 bits per heavy atom. The zero-order valence-electron chi connectivity index (χ0n) is 8.79. The van der Waals surface area contributed by atoms with Crippen LogP contribution >= 0.6 is 0 Å². The Balaban J connectivity index is 1.95. The minimum Gasteiger partial charge on any atom is -0.313 e. The van der Waals surface area contributed by atoms with Gasteiger partial charge in [0.2, 0.25) is 0 Å². The summed E-state index contributed by atoms with van der Waals surface area (Å²) in [5.41, 5.74) is 3.94. The molecule has 0 spiro atoms. The molecule has 1 aromatic rings. The van der Waals surface area contributed by atoms with Crippen LogP contribution in [0, 0.1) is 0 Å². The molecule has 3 heteroatoms. The van der Waals surface area contributed by atoms with Gasteiger partial charge in [0.05, 0.1) is 0 Å². The predicted octanol–water partition coefficient (Wildman–Crippen LogP) is 1.34. The van der Waals surface area contributed by atoms with Crippen LogP contribution in [0.3, 0.4) is 0 Å². The van der Waals surface area contributed by atoms with Gasteiger partial charge in [-0.3, -0.25) is 0 Å². The van der Waals surface area contributed by atoms with Crippen LogP contribution in [0.25, 0.3) is 5.57 Å². The molecule has 0 radical (unpaired) electrons. The van der Waals surface area contributed by atoms with Crippen molar-refractivity contribution in [2.75, 3.05) is 13.1 Å². The second-order valence-electron chi connectivity index (χ2n) is 4.20. The average molecular weight is 201 g/mol. The third kappa shape index (κ3) is 1.67. The third-order valence-corrected chi connectivity index (χ3v) is 3.17. The molecule has 0 atom stereocenters. The largest absolute Gasteiger partial charge is 0.313 e. The van der Waals surface area contributed by atoms with Crippen molar-refractivity contribution in [3.8, 4) is 0 Å². The molecule has 0 aromatic carbocycles. The van der Waals surface area contributed by atoms with Crippen molar-refractivity contribution in [2.45, 2.75) is 25.7 Å². The van der Waals surface area contributed by atoms with Gasteiger partial charge >= 0.3 is 0 Å². The number of fused-ring (bicyclic) bond motifs is 1. The Labute approximate surface area is 89.6 Å². The van der Waals surface area contributed by atoms with Gasteiger partial charge in [-0.15, -0.1) is 0 Å². The van der Waals surface area contributed by atoms with Crippen LogP contribution in [-0.2, 0) is 12.8 Å². The topological polar surface area (TPSA) is 37.8 Å². The molecule has 1 aliphatic carbocycles. The molecule has 1 aromatic heterocycles. The van der Waals surface area contributed by atoms with E-state index in [1.54, 1.807) is 0 Å². The Bertz CT molecular complexity index is 409. The number of nitrogens with one attached hydrogen (secondary N) is 1. The first-order valence-corrected chi connectivity index (χ1v) is 5.68. The van der Waals surface area contributed by atoms with Gasteiger partial charge in [-0.05, 0) is 43.4 Å². The van der Waals surface area contributed by atoms with E-state index in [9.17, 15) is 0 Å². The summed E-state index contributed by atoms with van der Waals surface area (Å²) in [6, 6.07) is 0. The van der Waals surface area contributed by atoms with Crippen LogP contribution in [0.4, 0.5) is 0 Å². The van der Waals surface area contributed by atoms with Crippen molar-refractivity contribution in [3.63, 3.8) is 0 Å². The summed E-state index contributed by atoms with van der Waals surface area (Å²) in [6.45, 7) is 2.00. The highest BCUT2D eigenvalue weighted by Gasteiger charge is 2.15. The molecule has 0 fully saturated rings. The van der Waals surface area contributed by atoms with E-state index in [2.05, 4.69) is 21.4 Å². The molecule has 3 nitrogen and oxygen atoms in total.